The van der Waals surface area contributed by atoms with Crippen LogP contribution >= 0.6 is 0 Å². The summed E-state index contributed by atoms with van der Waals surface area (Å²) in [7, 11) is -3.51. The zero-order chi connectivity index (χ0) is 15.5. The molecule has 0 radical (unpaired) electrons. The van der Waals surface area contributed by atoms with Crippen LogP contribution in [0.4, 0.5) is 5.82 Å². The SMILES string of the molecule is CCCNc1ccc(S(=O)(=O)N2CCOC(C)(C)C2)cn1. The average Bonchev–Trinajstić information content (AvgIpc) is 2.44. The van der Waals surface area contributed by atoms with E-state index in [1.165, 1.54) is 10.5 Å². The molecule has 1 fully saturated rings. The summed E-state index contributed by atoms with van der Waals surface area (Å²) < 4.78 is 32.2. The molecule has 21 heavy (non-hydrogen) atoms. The molecule has 7 heteroatoms. The van der Waals surface area contributed by atoms with Crippen LogP contribution in [0.25, 0.3) is 0 Å². The van der Waals surface area contributed by atoms with Gasteiger partial charge in [-0.1, -0.05) is 6.92 Å². The number of hydrogen-bond acceptors (Lipinski definition) is 5. The van der Waals surface area contributed by atoms with Gasteiger partial charge in [0, 0.05) is 25.8 Å². The van der Waals surface area contributed by atoms with Crippen LogP contribution < -0.4 is 5.32 Å². The van der Waals surface area contributed by atoms with Gasteiger partial charge in [0.2, 0.25) is 10.0 Å². The van der Waals surface area contributed by atoms with E-state index >= 15 is 0 Å². The van der Waals surface area contributed by atoms with Crippen molar-refractivity contribution in [3.05, 3.63) is 18.3 Å². The molecule has 0 saturated carbocycles. The minimum absolute atomic E-state index is 0.224. The van der Waals surface area contributed by atoms with Gasteiger partial charge in [0.15, 0.2) is 0 Å². The second-order valence-corrected chi connectivity index (χ2v) is 7.69. The van der Waals surface area contributed by atoms with Gasteiger partial charge in [-0.2, -0.15) is 4.31 Å². The van der Waals surface area contributed by atoms with Crippen molar-refractivity contribution in [2.45, 2.75) is 37.7 Å². The third kappa shape index (κ3) is 3.93. The Bertz CT molecular complexity index is 570. The molecule has 0 aromatic carbocycles. The Balaban J connectivity index is 2.15. The number of rotatable bonds is 5. The molecule has 0 bridgehead atoms. The Morgan fingerprint density at radius 2 is 2.19 bits per heavy atom. The third-order valence-electron chi connectivity index (χ3n) is 3.32. The van der Waals surface area contributed by atoms with Gasteiger partial charge in [0.1, 0.15) is 10.7 Å². The number of hydrogen-bond donors (Lipinski definition) is 1. The molecule has 0 amide bonds. The molecular formula is C14H23N3O3S. The maximum absolute atomic E-state index is 12.6. The van der Waals surface area contributed by atoms with E-state index in [0.717, 1.165) is 13.0 Å². The Kier molecular flexibility index (Phi) is 4.85. The third-order valence-corrected chi connectivity index (χ3v) is 5.15. The second-order valence-electron chi connectivity index (χ2n) is 5.75. The smallest absolute Gasteiger partial charge is 0.244 e. The Labute approximate surface area is 126 Å². The van der Waals surface area contributed by atoms with E-state index in [-0.39, 0.29) is 4.90 Å². The van der Waals surface area contributed by atoms with Gasteiger partial charge in [-0.25, -0.2) is 13.4 Å². The van der Waals surface area contributed by atoms with Crippen LogP contribution in [0.1, 0.15) is 27.2 Å². The van der Waals surface area contributed by atoms with E-state index in [4.69, 9.17) is 4.74 Å². The summed E-state index contributed by atoms with van der Waals surface area (Å²) in [4.78, 5) is 4.39. The highest BCUT2D eigenvalue weighted by atomic mass is 32.2. The summed E-state index contributed by atoms with van der Waals surface area (Å²) in [5.41, 5.74) is -0.457. The van der Waals surface area contributed by atoms with Gasteiger partial charge >= 0.3 is 0 Å². The van der Waals surface area contributed by atoms with Crippen LogP contribution in [0, 0.1) is 0 Å². The molecule has 1 aromatic heterocycles. The number of morpholine rings is 1. The standard InChI is InChI=1S/C14H23N3O3S/c1-4-7-15-13-6-5-12(10-16-13)21(18,19)17-8-9-20-14(2,3)11-17/h5-6,10H,4,7-9,11H2,1-3H3,(H,15,16). The summed E-state index contributed by atoms with van der Waals surface area (Å²) in [5.74, 6) is 0.693. The first-order valence-electron chi connectivity index (χ1n) is 7.19. The fraction of sp³-hybridized carbons (Fsp3) is 0.643. The summed E-state index contributed by atoms with van der Waals surface area (Å²) in [6.45, 7) is 7.81. The van der Waals surface area contributed by atoms with E-state index in [0.29, 0.717) is 25.5 Å². The predicted octanol–water partition coefficient (Wildman–Crippen LogP) is 1.70. The highest BCUT2D eigenvalue weighted by Crippen LogP contribution is 2.23. The molecule has 2 heterocycles. The molecule has 6 nitrogen and oxygen atoms in total. The highest BCUT2D eigenvalue weighted by molar-refractivity contribution is 7.89. The van der Waals surface area contributed by atoms with E-state index in [1.807, 2.05) is 13.8 Å². The number of anilines is 1. The number of nitrogens with one attached hydrogen (secondary N) is 1. The summed E-state index contributed by atoms with van der Waals surface area (Å²) in [6, 6.07) is 3.30. The van der Waals surface area contributed by atoms with Crippen LogP contribution in [0.5, 0.6) is 0 Å². The molecule has 0 unspecified atom stereocenters. The Morgan fingerprint density at radius 3 is 2.76 bits per heavy atom. The number of aromatic nitrogens is 1. The van der Waals surface area contributed by atoms with Crippen LogP contribution in [0.3, 0.4) is 0 Å². The molecule has 0 aliphatic carbocycles. The van der Waals surface area contributed by atoms with Crippen molar-refractivity contribution in [2.24, 2.45) is 0 Å². The maximum atomic E-state index is 12.6. The second kappa shape index (κ2) is 6.29. The van der Waals surface area contributed by atoms with Crippen molar-refractivity contribution in [3.63, 3.8) is 0 Å². The van der Waals surface area contributed by atoms with E-state index in [9.17, 15) is 8.42 Å². The fourth-order valence-electron chi connectivity index (χ4n) is 2.22. The van der Waals surface area contributed by atoms with E-state index in [1.54, 1.807) is 12.1 Å². The van der Waals surface area contributed by atoms with Crippen LogP contribution in [-0.4, -0.2) is 49.5 Å². The fourth-order valence-corrected chi connectivity index (χ4v) is 3.74. The lowest BCUT2D eigenvalue weighted by atomic mass is 10.1. The minimum atomic E-state index is -3.51. The molecule has 1 aromatic rings. The van der Waals surface area contributed by atoms with Crippen molar-refractivity contribution < 1.29 is 13.2 Å². The molecule has 1 aliphatic rings. The van der Waals surface area contributed by atoms with Crippen LogP contribution in [-0.2, 0) is 14.8 Å². The largest absolute Gasteiger partial charge is 0.373 e. The van der Waals surface area contributed by atoms with E-state index in [2.05, 4.69) is 17.2 Å². The zero-order valence-corrected chi connectivity index (χ0v) is 13.6. The quantitative estimate of drug-likeness (QED) is 0.896. The van der Waals surface area contributed by atoms with Crippen molar-refractivity contribution in [1.82, 2.24) is 9.29 Å². The van der Waals surface area contributed by atoms with Crippen molar-refractivity contribution >= 4 is 15.8 Å². The number of ether oxygens (including phenoxy) is 1. The first kappa shape index (κ1) is 16.2. The van der Waals surface area contributed by atoms with Gasteiger partial charge in [-0.15, -0.1) is 0 Å². The molecule has 1 aliphatic heterocycles. The molecule has 2 rings (SSSR count). The lowest BCUT2D eigenvalue weighted by Gasteiger charge is -2.37. The average molecular weight is 313 g/mol. The lowest BCUT2D eigenvalue weighted by molar-refractivity contribution is -0.0640. The number of pyridine rings is 1. The Morgan fingerprint density at radius 1 is 1.43 bits per heavy atom. The Hall–Kier alpha value is -1.18. The van der Waals surface area contributed by atoms with E-state index < -0.39 is 15.6 Å². The van der Waals surface area contributed by atoms with Crippen molar-refractivity contribution in [2.75, 3.05) is 31.6 Å². The number of sulfonamides is 1. The van der Waals surface area contributed by atoms with Gasteiger partial charge in [-0.3, -0.25) is 0 Å². The summed E-state index contributed by atoms with van der Waals surface area (Å²) >= 11 is 0. The first-order chi connectivity index (χ1) is 9.85. The number of nitrogens with zero attached hydrogens (tertiary/aromatic N) is 2. The van der Waals surface area contributed by atoms with Crippen molar-refractivity contribution in [3.8, 4) is 0 Å². The topological polar surface area (TPSA) is 71.5 Å². The molecule has 118 valence electrons. The summed E-state index contributed by atoms with van der Waals surface area (Å²) in [6.07, 6.45) is 2.40. The normalized spacial score (nSPS) is 19.4. The van der Waals surface area contributed by atoms with Gasteiger partial charge in [-0.05, 0) is 32.4 Å². The van der Waals surface area contributed by atoms with Crippen LogP contribution in [0.2, 0.25) is 0 Å². The van der Waals surface area contributed by atoms with Gasteiger partial charge < -0.3 is 10.1 Å². The van der Waals surface area contributed by atoms with Crippen molar-refractivity contribution in [1.29, 1.82) is 0 Å². The molecule has 0 atom stereocenters. The summed E-state index contributed by atoms with van der Waals surface area (Å²) in [5, 5.41) is 3.13. The predicted molar refractivity (Wildman–Crippen MR) is 81.8 cm³/mol. The minimum Gasteiger partial charge on any atom is -0.373 e. The highest BCUT2D eigenvalue weighted by Gasteiger charge is 2.34. The molecule has 1 N–H and O–H groups in total. The zero-order valence-electron chi connectivity index (χ0n) is 12.8. The first-order valence-corrected chi connectivity index (χ1v) is 8.63. The lowest BCUT2D eigenvalue weighted by Crippen LogP contribution is -2.50. The maximum Gasteiger partial charge on any atom is 0.244 e. The van der Waals surface area contributed by atoms with Crippen LogP contribution in [0.15, 0.2) is 23.2 Å². The molecular weight excluding hydrogens is 290 g/mol. The van der Waals surface area contributed by atoms with Gasteiger partial charge in [0.25, 0.3) is 0 Å². The monoisotopic (exact) mass is 313 g/mol. The van der Waals surface area contributed by atoms with Gasteiger partial charge in [0.05, 0.1) is 12.2 Å². The molecule has 1 saturated heterocycles. The molecule has 0 spiro atoms.